The first-order chi connectivity index (χ1) is 12.1. The Hall–Kier alpha value is -1.61. The lowest BCUT2D eigenvalue weighted by molar-refractivity contribution is -0.137. The lowest BCUT2D eigenvalue weighted by atomic mass is 9.78. The lowest BCUT2D eigenvalue weighted by Crippen LogP contribution is -2.48. The Morgan fingerprint density at radius 1 is 1.19 bits per heavy atom. The van der Waals surface area contributed by atoms with E-state index < -0.39 is 32.1 Å². The molecule has 1 aromatic carbocycles. The van der Waals surface area contributed by atoms with Gasteiger partial charge in [-0.05, 0) is 43.9 Å². The van der Waals surface area contributed by atoms with Crippen LogP contribution in [0.25, 0.3) is 0 Å². The zero-order valence-electron chi connectivity index (χ0n) is 14.3. The molecule has 9 heteroatoms. The number of hydrogen-bond donors (Lipinski definition) is 0. The highest BCUT2D eigenvalue weighted by atomic mass is 32.2. The van der Waals surface area contributed by atoms with Crippen molar-refractivity contribution >= 4 is 15.8 Å². The Labute approximate surface area is 150 Å². The van der Waals surface area contributed by atoms with Crippen LogP contribution in [-0.4, -0.2) is 38.7 Å². The smallest absolute Gasteiger partial charge is 0.416 e. The molecule has 2 aliphatic rings. The second kappa shape index (κ2) is 6.53. The molecule has 1 heterocycles. The van der Waals surface area contributed by atoms with Gasteiger partial charge in [0.15, 0.2) is 0 Å². The number of methoxy groups -OCH3 is 1. The molecule has 0 radical (unpaired) electrons. The number of carbonyl (C=O) groups excluding carboxylic acids is 1. The van der Waals surface area contributed by atoms with Crippen LogP contribution < -0.4 is 4.74 Å². The van der Waals surface area contributed by atoms with Gasteiger partial charge in [-0.1, -0.05) is 0 Å². The van der Waals surface area contributed by atoms with Gasteiger partial charge in [0.25, 0.3) is 0 Å². The normalized spacial score (nSPS) is 25.0. The molecule has 3 rings (SSSR count). The molecule has 0 amide bonds. The quantitative estimate of drug-likeness (QED) is 0.794. The van der Waals surface area contributed by atoms with Crippen LogP contribution in [0.4, 0.5) is 13.2 Å². The molecule has 144 valence electrons. The molecule has 1 aliphatic heterocycles. The number of piperidine rings is 1. The fourth-order valence-corrected chi connectivity index (χ4v) is 5.66. The third kappa shape index (κ3) is 3.22. The number of hydrogen-bond acceptors (Lipinski definition) is 4. The van der Waals surface area contributed by atoms with E-state index in [2.05, 4.69) is 0 Å². The number of halogens is 3. The number of sulfonamides is 1. The minimum absolute atomic E-state index is 0.0214. The minimum atomic E-state index is -4.67. The zero-order valence-corrected chi connectivity index (χ0v) is 15.1. The Morgan fingerprint density at radius 2 is 1.88 bits per heavy atom. The second-order valence-electron chi connectivity index (χ2n) is 6.86. The maximum Gasteiger partial charge on any atom is 0.416 e. The van der Waals surface area contributed by atoms with Crippen molar-refractivity contribution in [3.63, 3.8) is 0 Å². The van der Waals surface area contributed by atoms with Crippen molar-refractivity contribution in [1.29, 1.82) is 0 Å². The molecule has 0 N–H and O–H groups in total. The van der Waals surface area contributed by atoms with Gasteiger partial charge >= 0.3 is 6.18 Å². The number of nitrogens with zero attached hydrogens (tertiary/aromatic N) is 1. The molecule has 5 nitrogen and oxygen atoms in total. The zero-order chi connectivity index (χ0) is 19.2. The molecule has 1 aliphatic carbocycles. The Morgan fingerprint density at radius 3 is 2.46 bits per heavy atom. The number of rotatable bonds is 3. The highest BCUT2D eigenvalue weighted by molar-refractivity contribution is 7.89. The maximum atomic E-state index is 13.1. The van der Waals surface area contributed by atoms with Crippen LogP contribution in [0, 0.1) is 5.41 Å². The van der Waals surface area contributed by atoms with Crippen LogP contribution in [0.3, 0.4) is 0 Å². The molecule has 1 unspecified atom stereocenters. The number of ether oxygens (including phenoxy) is 1. The summed E-state index contributed by atoms with van der Waals surface area (Å²) in [7, 11) is -3.01. The van der Waals surface area contributed by atoms with Crippen LogP contribution in [0.2, 0.25) is 0 Å². The summed E-state index contributed by atoms with van der Waals surface area (Å²) >= 11 is 0. The average molecular weight is 391 g/mol. The summed E-state index contributed by atoms with van der Waals surface area (Å²) in [6.45, 7) is 0.199. The van der Waals surface area contributed by atoms with Crippen molar-refractivity contribution < 1.29 is 31.1 Å². The standard InChI is InChI=1S/C17H20F3NO4S/c1-25-13-6-5-12(17(18,19)20)10-14(13)26(23,24)21-9-3-8-16(11-21)7-2-4-15(16)22/h5-6,10H,2-4,7-9,11H2,1H3. The summed E-state index contributed by atoms with van der Waals surface area (Å²) in [5.41, 5.74) is -1.75. The van der Waals surface area contributed by atoms with Gasteiger partial charge in [0, 0.05) is 24.9 Å². The van der Waals surface area contributed by atoms with Gasteiger partial charge in [-0.25, -0.2) is 8.42 Å². The van der Waals surface area contributed by atoms with E-state index >= 15 is 0 Å². The first-order valence-electron chi connectivity index (χ1n) is 8.39. The molecule has 26 heavy (non-hydrogen) atoms. The molecule has 1 saturated heterocycles. The first-order valence-corrected chi connectivity index (χ1v) is 9.83. The molecular formula is C17H20F3NO4S. The van der Waals surface area contributed by atoms with E-state index in [4.69, 9.17) is 4.74 Å². The monoisotopic (exact) mass is 391 g/mol. The summed E-state index contributed by atoms with van der Waals surface area (Å²) in [6.07, 6.45) is -1.76. The van der Waals surface area contributed by atoms with Crippen molar-refractivity contribution in [3.8, 4) is 5.75 Å². The van der Waals surface area contributed by atoms with Crippen molar-refractivity contribution in [1.82, 2.24) is 4.31 Å². The summed E-state index contributed by atoms with van der Waals surface area (Å²) in [5, 5.41) is 0. The van der Waals surface area contributed by atoms with E-state index in [1.165, 1.54) is 7.11 Å². The first kappa shape index (κ1) is 19.2. The van der Waals surface area contributed by atoms with Gasteiger partial charge in [-0.3, -0.25) is 4.79 Å². The fourth-order valence-electron chi connectivity index (χ4n) is 3.91. The highest BCUT2D eigenvalue weighted by Crippen LogP contribution is 2.44. The molecule has 1 saturated carbocycles. The number of benzene rings is 1. The lowest BCUT2D eigenvalue weighted by Gasteiger charge is -2.38. The third-order valence-electron chi connectivity index (χ3n) is 5.30. The van der Waals surface area contributed by atoms with Crippen LogP contribution in [0.1, 0.15) is 37.7 Å². The number of ketones is 1. The summed E-state index contributed by atoms with van der Waals surface area (Å²) < 4.78 is 71.3. The average Bonchev–Trinajstić information content (AvgIpc) is 2.93. The van der Waals surface area contributed by atoms with E-state index in [1.54, 1.807) is 0 Å². The molecular weight excluding hydrogens is 371 g/mol. The molecule has 0 aromatic heterocycles. The molecule has 2 fully saturated rings. The second-order valence-corrected chi connectivity index (χ2v) is 8.77. The molecule has 1 spiro atoms. The molecule has 1 atom stereocenters. The van der Waals surface area contributed by atoms with Gasteiger partial charge in [0.1, 0.15) is 16.4 Å². The van der Waals surface area contributed by atoms with Crippen LogP contribution >= 0.6 is 0 Å². The highest BCUT2D eigenvalue weighted by Gasteiger charge is 2.47. The van der Waals surface area contributed by atoms with Crippen molar-refractivity contribution in [2.75, 3.05) is 20.2 Å². The topological polar surface area (TPSA) is 63.7 Å². The summed E-state index contributed by atoms with van der Waals surface area (Å²) in [4.78, 5) is 11.8. The van der Waals surface area contributed by atoms with E-state index in [0.717, 1.165) is 22.9 Å². The van der Waals surface area contributed by atoms with Crippen molar-refractivity contribution in [2.45, 2.75) is 43.2 Å². The maximum absolute atomic E-state index is 13.1. The molecule has 0 bridgehead atoms. The van der Waals surface area contributed by atoms with Crippen LogP contribution in [-0.2, 0) is 21.0 Å². The predicted octanol–water partition coefficient (Wildman–Crippen LogP) is 3.24. The fraction of sp³-hybridized carbons (Fsp3) is 0.588. The van der Waals surface area contributed by atoms with Gasteiger partial charge in [-0.2, -0.15) is 17.5 Å². The summed E-state index contributed by atoms with van der Waals surface area (Å²) in [5.74, 6) is -0.0937. The van der Waals surface area contributed by atoms with Crippen LogP contribution in [0.15, 0.2) is 23.1 Å². The third-order valence-corrected chi connectivity index (χ3v) is 7.17. The van der Waals surface area contributed by atoms with Crippen LogP contribution in [0.5, 0.6) is 5.75 Å². The van der Waals surface area contributed by atoms with Crippen molar-refractivity contribution in [3.05, 3.63) is 23.8 Å². The Balaban J connectivity index is 2.01. The van der Waals surface area contributed by atoms with Gasteiger partial charge in [0.2, 0.25) is 10.0 Å². The van der Waals surface area contributed by atoms with E-state index in [9.17, 15) is 26.4 Å². The van der Waals surface area contributed by atoms with Gasteiger partial charge in [0.05, 0.1) is 12.7 Å². The van der Waals surface area contributed by atoms with Gasteiger partial charge < -0.3 is 4.74 Å². The van der Waals surface area contributed by atoms with E-state index in [0.29, 0.717) is 31.7 Å². The van der Waals surface area contributed by atoms with E-state index in [1.807, 2.05) is 0 Å². The molecule has 1 aromatic rings. The number of carbonyl (C=O) groups is 1. The minimum Gasteiger partial charge on any atom is -0.495 e. The van der Waals surface area contributed by atoms with Crippen molar-refractivity contribution in [2.24, 2.45) is 5.41 Å². The van der Waals surface area contributed by atoms with E-state index in [-0.39, 0.29) is 24.6 Å². The SMILES string of the molecule is COc1ccc(C(F)(F)F)cc1S(=O)(=O)N1CCCC2(CCCC2=O)C1. The number of Topliss-reactive ketones (excluding diaryl/α,β-unsaturated/α-hetero) is 1. The van der Waals surface area contributed by atoms with Gasteiger partial charge in [-0.15, -0.1) is 0 Å². The largest absolute Gasteiger partial charge is 0.495 e. The number of alkyl halides is 3. The predicted molar refractivity (Wildman–Crippen MR) is 87.3 cm³/mol. The summed E-state index contributed by atoms with van der Waals surface area (Å²) in [6, 6.07) is 2.40. The Kier molecular flexibility index (Phi) is 4.81. The Bertz CT molecular complexity index is 822.